The van der Waals surface area contributed by atoms with Gasteiger partial charge in [-0.05, 0) is 69.7 Å². The van der Waals surface area contributed by atoms with Crippen molar-refractivity contribution in [3.8, 4) is 5.88 Å². The van der Waals surface area contributed by atoms with Gasteiger partial charge in [0.25, 0.3) is 11.8 Å². The lowest BCUT2D eigenvalue weighted by atomic mass is 9.99. The number of halogens is 1. The summed E-state index contributed by atoms with van der Waals surface area (Å²) in [6.07, 6.45) is 7.43. The summed E-state index contributed by atoms with van der Waals surface area (Å²) < 4.78 is 48.1. The van der Waals surface area contributed by atoms with E-state index in [9.17, 15) is 32.0 Å². The zero-order valence-electron chi connectivity index (χ0n) is 30.0. The van der Waals surface area contributed by atoms with E-state index in [1.54, 1.807) is 19.1 Å². The van der Waals surface area contributed by atoms with Gasteiger partial charge in [-0.15, -0.1) is 11.3 Å². The number of nitrogens with one attached hydrogen (secondary N) is 3. The number of rotatable bonds is 8. The number of amides is 4. The Bertz CT molecular complexity index is 2020. The smallest absolute Gasteiger partial charge is 0.262 e. The van der Waals surface area contributed by atoms with Crippen LogP contribution in [-0.4, -0.2) is 82.9 Å². The van der Waals surface area contributed by atoms with Crippen molar-refractivity contribution >= 4 is 56.0 Å². The van der Waals surface area contributed by atoms with E-state index in [-0.39, 0.29) is 24.4 Å². The standard InChI is InChI=1S/C37H45FN6O7S2/c1-4-26-36(41-29-18-23(38)13-16-27(29)39-26)51-24-19-30-33(45)42-32(35(47)43-53(49,50)25-14-15-25)21(2)10-8-6-5-7-9-11-28(37(48)44(30)20-24)40-34(46)31-17-12-22(3)52-31/h8,10,12-13,16-18,21,24-25,28,30,32H,4-7,9,11,14-15,19-20H2,1-3H3,(H,40,46)(H,42,45)(H,43,47)/b10-8-/t21?,24-,28+,30+,32-/m1/s1. The summed E-state index contributed by atoms with van der Waals surface area (Å²) in [6, 6.07) is 4.22. The molecule has 1 saturated heterocycles. The van der Waals surface area contributed by atoms with Crippen molar-refractivity contribution in [3.63, 3.8) is 0 Å². The first kappa shape index (κ1) is 38.3. The van der Waals surface area contributed by atoms with E-state index in [4.69, 9.17) is 4.74 Å². The molecule has 6 rings (SSSR count). The highest BCUT2D eigenvalue weighted by Gasteiger charge is 2.45. The number of hydrogen-bond acceptors (Lipinski definition) is 10. The van der Waals surface area contributed by atoms with Crippen molar-refractivity contribution in [3.05, 3.63) is 63.7 Å². The van der Waals surface area contributed by atoms with Crippen molar-refractivity contribution in [1.29, 1.82) is 0 Å². The van der Waals surface area contributed by atoms with Gasteiger partial charge in [0.05, 0.1) is 27.7 Å². The van der Waals surface area contributed by atoms with Crippen LogP contribution in [0.4, 0.5) is 4.39 Å². The summed E-state index contributed by atoms with van der Waals surface area (Å²) in [5.41, 5.74) is 1.28. The lowest BCUT2D eigenvalue weighted by molar-refractivity contribution is -0.141. The quantitative estimate of drug-likeness (QED) is 0.285. The Balaban J connectivity index is 1.32. The molecule has 3 aliphatic rings. The number of ether oxygens (including phenoxy) is 1. The molecule has 4 amide bonds. The molecule has 0 radical (unpaired) electrons. The maximum absolute atomic E-state index is 14.5. The molecule has 0 spiro atoms. The highest BCUT2D eigenvalue weighted by atomic mass is 32.2. The molecule has 5 atom stereocenters. The molecule has 1 aliphatic carbocycles. The van der Waals surface area contributed by atoms with Crippen molar-refractivity contribution in [2.75, 3.05) is 6.54 Å². The van der Waals surface area contributed by atoms with Crippen LogP contribution in [0.1, 0.15) is 85.5 Å². The van der Waals surface area contributed by atoms with Gasteiger partial charge in [0, 0.05) is 23.3 Å². The molecule has 13 nitrogen and oxygen atoms in total. The Hall–Kier alpha value is -4.44. The number of thiophene rings is 1. The lowest BCUT2D eigenvalue weighted by Gasteiger charge is -2.30. The Morgan fingerprint density at radius 3 is 2.58 bits per heavy atom. The molecule has 1 aromatic carbocycles. The van der Waals surface area contributed by atoms with Crippen LogP contribution in [0, 0.1) is 18.7 Å². The SMILES string of the molecule is CCc1nc2ccc(F)cc2nc1O[C@@H]1C[C@H]2C(=O)N[C@@H](C(=O)NS(=O)(=O)C3CC3)C(C)/C=C\CCCCC[C@H](NC(=O)c3ccc(C)s3)C(=O)N2C1. The number of nitrogens with zero attached hydrogens (tertiary/aromatic N) is 3. The minimum Gasteiger partial charge on any atom is -0.471 e. The molecule has 0 bridgehead atoms. The number of aryl methyl sites for hydroxylation is 2. The van der Waals surface area contributed by atoms with E-state index in [1.807, 2.05) is 26.0 Å². The average Bonchev–Trinajstić information content (AvgIpc) is 3.78. The third kappa shape index (κ3) is 9.21. The predicted octanol–water partition coefficient (Wildman–Crippen LogP) is 4.10. The molecule has 3 aromatic rings. The van der Waals surface area contributed by atoms with E-state index < -0.39 is 74.9 Å². The topological polar surface area (TPSA) is 177 Å². The Labute approximate surface area is 312 Å². The second-order valence-electron chi connectivity index (χ2n) is 14.0. The third-order valence-electron chi connectivity index (χ3n) is 9.81. The average molecular weight is 769 g/mol. The van der Waals surface area contributed by atoms with Crippen LogP contribution < -0.4 is 20.1 Å². The van der Waals surface area contributed by atoms with Crippen molar-refractivity contribution in [2.24, 2.45) is 5.92 Å². The molecule has 1 saturated carbocycles. The summed E-state index contributed by atoms with van der Waals surface area (Å²) in [5, 5.41) is 5.02. The van der Waals surface area contributed by atoms with Crippen LogP contribution in [0.25, 0.3) is 11.0 Å². The molecule has 2 fully saturated rings. The highest BCUT2D eigenvalue weighted by molar-refractivity contribution is 7.90. The van der Waals surface area contributed by atoms with E-state index in [0.717, 1.165) is 17.7 Å². The lowest BCUT2D eigenvalue weighted by Crippen LogP contribution is -2.57. The summed E-state index contributed by atoms with van der Waals surface area (Å²) in [5.74, 6) is -3.36. The first-order valence-electron chi connectivity index (χ1n) is 18.2. The van der Waals surface area contributed by atoms with Gasteiger partial charge in [0.2, 0.25) is 27.7 Å². The van der Waals surface area contributed by atoms with Crippen molar-refractivity contribution < 1.29 is 36.7 Å². The number of sulfonamides is 1. The van der Waals surface area contributed by atoms with Crippen molar-refractivity contribution in [2.45, 2.75) is 108 Å². The highest BCUT2D eigenvalue weighted by Crippen LogP contribution is 2.30. The molecule has 4 heterocycles. The summed E-state index contributed by atoms with van der Waals surface area (Å²) in [7, 11) is -3.91. The third-order valence-corrected chi connectivity index (χ3v) is 12.6. The molecular formula is C37H45FN6O7S2. The molecule has 3 N–H and O–H groups in total. The minimum absolute atomic E-state index is 0.00663. The fraction of sp³-hybridized carbons (Fsp3) is 0.514. The number of hydrogen-bond donors (Lipinski definition) is 3. The predicted molar refractivity (Wildman–Crippen MR) is 197 cm³/mol. The molecule has 1 unspecified atom stereocenters. The fourth-order valence-corrected chi connectivity index (χ4v) is 8.81. The van der Waals surface area contributed by atoms with Gasteiger partial charge in [0.15, 0.2) is 0 Å². The normalized spacial score (nSPS) is 25.1. The monoisotopic (exact) mass is 768 g/mol. The van der Waals surface area contributed by atoms with E-state index >= 15 is 0 Å². The molecule has 53 heavy (non-hydrogen) atoms. The van der Waals surface area contributed by atoms with Crippen LogP contribution in [0.5, 0.6) is 5.88 Å². The Kier molecular flexibility index (Phi) is 11.8. The van der Waals surface area contributed by atoms with E-state index in [0.29, 0.717) is 54.6 Å². The van der Waals surface area contributed by atoms with Gasteiger partial charge in [-0.3, -0.25) is 23.9 Å². The molecule has 16 heteroatoms. The first-order chi connectivity index (χ1) is 25.3. The van der Waals surface area contributed by atoms with Crippen LogP contribution in [-0.2, 0) is 30.8 Å². The number of carbonyl (C=O) groups is 4. The second kappa shape index (κ2) is 16.3. The molecule has 284 valence electrons. The van der Waals surface area contributed by atoms with Crippen LogP contribution in [0.2, 0.25) is 0 Å². The van der Waals surface area contributed by atoms with E-state index in [1.165, 1.54) is 34.4 Å². The van der Waals surface area contributed by atoms with E-state index in [2.05, 4.69) is 25.3 Å². The van der Waals surface area contributed by atoms with Gasteiger partial charge in [-0.1, -0.05) is 38.8 Å². The number of carbonyl (C=O) groups excluding carboxylic acids is 4. The maximum atomic E-state index is 14.5. The van der Waals surface area contributed by atoms with Gasteiger partial charge in [-0.25, -0.2) is 22.8 Å². The van der Waals surface area contributed by atoms with Crippen molar-refractivity contribution in [1.82, 2.24) is 30.2 Å². The Morgan fingerprint density at radius 1 is 1.08 bits per heavy atom. The summed E-state index contributed by atoms with van der Waals surface area (Å²) >= 11 is 1.31. The van der Waals surface area contributed by atoms with Gasteiger partial charge in [0.1, 0.15) is 35.7 Å². The molecular weight excluding hydrogens is 724 g/mol. The van der Waals surface area contributed by atoms with Crippen LogP contribution >= 0.6 is 11.3 Å². The fourth-order valence-electron chi connectivity index (χ4n) is 6.71. The number of fused-ring (bicyclic) bond motifs is 2. The first-order valence-corrected chi connectivity index (χ1v) is 20.5. The zero-order chi connectivity index (χ0) is 37.9. The zero-order valence-corrected chi connectivity index (χ0v) is 31.6. The van der Waals surface area contributed by atoms with Gasteiger partial charge >= 0.3 is 0 Å². The summed E-state index contributed by atoms with van der Waals surface area (Å²) in [4.78, 5) is 67.6. The van der Waals surface area contributed by atoms with Gasteiger partial charge < -0.3 is 20.3 Å². The number of allylic oxidation sites excluding steroid dienone is 1. The number of aromatic nitrogens is 2. The van der Waals surface area contributed by atoms with Gasteiger partial charge in [-0.2, -0.15) is 0 Å². The second-order valence-corrected chi connectivity index (χ2v) is 17.3. The maximum Gasteiger partial charge on any atom is 0.262 e. The molecule has 2 aromatic heterocycles. The van der Waals surface area contributed by atoms with Crippen LogP contribution in [0.15, 0.2) is 42.5 Å². The largest absolute Gasteiger partial charge is 0.471 e. The van der Waals surface area contributed by atoms with Crippen LogP contribution in [0.3, 0.4) is 0 Å². The number of benzene rings is 1. The Morgan fingerprint density at radius 2 is 1.87 bits per heavy atom. The summed E-state index contributed by atoms with van der Waals surface area (Å²) in [6.45, 7) is 5.41. The molecule has 2 aliphatic heterocycles. The minimum atomic E-state index is -3.91.